The molecular formula is C16H14N8. The summed E-state index contributed by atoms with van der Waals surface area (Å²) in [5.74, 6) is -0.375. The zero-order valence-electron chi connectivity index (χ0n) is 12.6. The first-order valence-corrected chi connectivity index (χ1v) is 7.13. The molecule has 0 spiro atoms. The van der Waals surface area contributed by atoms with E-state index >= 15 is 0 Å². The van der Waals surface area contributed by atoms with Gasteiger partial charge in [-0.25, -0.2) is 4.68 Å². The number of hydrogen-bond acceptors (Lipinski definition) is 6. The smallest absolute Gasteiger partial charge is 0.201 e. The SMILES string of the molecule is N#C/C(=N\Nc1ccc(Cn2nnc3ccccc32)cc1)C(=N)N. The highest BCUT2D eigenvalue weighted by Gasteiger charge is 2.04. The van der Waals surface area contributed by atoms with Crippen LogP contribution < -0.4 is 11.2 Å². The summed E-state index contributed by atoms with van der Waals surface area (Å²) < 4.78 is 1.83. The van der Waals surface area contributed by atoms with E-state index < -0.39 is 0 Å². The van der Waals surface area contributed by atoms with E-state index in [-0.39, 0.29) is 11.5 Å². The van der Waals surface area contributed by atoms with Crippen molar-refractivity contribution in [3.8, 4) is 6.07 Å². The number of fused-ring (bicyclic) bond motifs is 1. The number of aromatic nitrogens is 3. The van der Waals surface area contributed by atoms with Crippen molar-refractivity contribution in [1.29, 1.82) is 10.7 Å². The zero-order valence-corrected chi connectivity index (χ0v) is 12.6. The molecular weight excluding hydrogens is 304 g/mol. The molecule has 0 radical (unpaired) electrons. The summed E-state index contributed by atoms with van der Waals surface area (Å²) >= 11 is 0. The number of para-hydroxylation sites is 1. The van der Waals surface area contributed by atoms with E-state index in [1.165, 1.54) is 0 Å². The lowest BCUT2D eigenvalue weighted by molar-refractivity contribution is 0.670. The van der Waals surface area contributed by atoms with Gasteiger partial charge in [0.1, 0.15) is 11.6 Å². The van der Waals surface area contributed by atoms with Gasteiger partial charge in [0.05, 0.1) is 17.7 Å². The van der Waals surface area contributed by atoms with E-state index in [2.05, 4.69) is 20.8 Å². The first kappa shape index (κ1) is 15.2. The Kier molecular flexibility index (Phi) is 4.16. The second kappa shape index (κ2) is 6.58. The summed E-state index contributed by atoms with van der Waals surface area (Å²) in [5.41, 5.74) is 11.3. The maximum Gasteiger partial charge on any atom is 0.201 e. The van der Waals surface area contributed by atoms with Crippen molar-refractivity contribution in [3.63, 3.8) is 0 Å². The highest BCUT2D eigenvalue weighted by Crippen LogP contribution is 2.14. The van der Waals surface area contributed by atoms with Crippen molar-refractivity contribution >= 4 is 28.3 Å². The molecule has 0 saturated carbocycles. The number of rotatable bonds is 5. The van der Waals surface area contributed by atoms with Gasteiger partial charge in [-0.3, -0.25) is 10.8 Å². The fourth-order valence-corrected chi connectivity index (χ4v) is 2.16. The second-order valence-electron chi connectivity index (χ2n) is 5.03. The minimum Gasteiger partial charge on any atom is -0.382 e. The molecule has 0 bridgehead atoms. The van der Waals surface area contributed by atoms with Crippen molar-refractivity contribution in [2.45, 2.75) is 6.54 Å². The number of anilines is 1. The van der Waals surface area contributed by atoms with Crippen LogP contribution in [0.15, 0.2) is 53.6 Å². The lowest BCUT2D eigenvalue weighted by atomic mass is 10.2. The van der Waals surface area contributed by atoms with Gasteiger partial charge in [-0.05, 0) is 29.8 Å². The third-order valence-corrected chi connectivity index (χ3v) is 3.36. The van der Waals surface area contributed by atoms with Crippen molar-refractivity contribution in [3.05, 3.63) is 54.1 Å². The van der Waals surface area contributed by atoms with Crippen molar-refractivity contribution < 1.29 is 0 Å². The molecule has 118 valence electrons. The van der Waals surface area contributed by atoms with Crippen LogP contribution in [0, 0.1) is 16.7 Å². The van der Waals surface area contributed by atoms with E-state index in [1.54, 1.807) is 6.07 Å². The molecule has 0 amide bonds. The van der Waals surface area contributed by atoms with E-state index in [0.29, 0.717) is 12.2 Å². The van der Waals surface area contributed by atoms with Gasteiger partial charge < -0.3 is 5.73 Å². The highest BCUT2D eigenvalue weighted by molar-refractivity contribution is 6.45. The highest BCUT2D eigenvalue weighted by atomic mass is 15.4. The van der Waals surface area contributed by atoms with Crippen LogP contribution in [0.4, 0.5) is 5.69 Å². The zero-order chi connectivity index (χ0) is 16.9. The molecule has 1 heterocycles. The number of nitrogens with two attached hydrogens (primary N) is 1. The molecule has 2 aromatic carbocycles. The van der Waals surface area contributed by atoms with Gasteiger partial charge in [-0.1, -0.05) is 29.5 Å². The number of nitriles is 1. The lowest BCUT2D eigenvalue weighted by Crippen LogP contribution is -2.21. The van der Waals surface area contributed by atoms with Crippen LogP contribution in [0.2, 0.25) is 0 Å². The third-order valence-electron chi connectivity index (χ3n) is 3.36. The van der Waals surface area contributed by atoms with Crippen LogP contribution in [0.5, 0.6) is 0 Å². The van der Waals surface area contributed by atoms with Gasteiger partial charge in [0.2, 0.25) is 5.71 Å². The fourth-order valence-electron chi connectivity index (χ4n) is 2.16. The van der Waals surface area contributed by atoms with Crippen LogP contribution in [-0.2, 0) is 6.54 Å². The molecule has 0 unspecified atom stereocenters. The van der Waals surface area contributed by atoms with Crippen molar-refractivity contribution in [2.24, 2.45) is 10.8 Å². The largest absolute Gasteiger partial charge is 0.382 e. The molecule has 8 heteroatoms. The Morgan fingerprint density at radius 1 is 1.25 bits per heavy atom. The monoisotopic (exact) mass is 318 g/mol. The quantitative estimate of drug-likeness (QED) is 0.374. The average molecular weight is 318 g/mol. The fraction of sp³-hybridized carbons (Fsp3) is 0.0625. The molecule has 8 nitrogen and oxygen atoms in total. The summed E-state index contributed by atoms with van der Waals surface area (Å²) in [4.78, 5) is 0. The van der Waals surface area contributed by atoms with E-state index in [0.717, 1.165) is 16.6 Å². The maximum absolute atomic E-state index is 8.79. The summed E-state index contributed by atoms with van der Waals surface area (Å²) in [6.45, 7) is 0.598. The van der Waals surface area contributed by atoms with E-state index in [9.17, 15) is 0 Å². The topological polar surface area (TPSA) is 129 Å². The Morgan fingerprint density at radius 3 is 2.71 bits per heavy atom. The second-order valence-corrected chi connectivity index (χ2v) is 5.03. The molecule has 0 fully saturated rings. The van der Waals surface area contributed by atoms with Crippen LogP contribution in [0.3, 0.4) is 0 Å². The molecule has 3 rings (SSSR count). The van der Waals surface area contributed by atoms with Gasteiger partial charge in [0.25, 0.3) is 0 Å². The van der Waals surface area contributed by atoms with Gasteiger partial charge >= 0.3 is 0 Å². The Bertz CT molecular complexity index is 946. The van der Waals surface area contributed by atoms with Gasteiger partial charge in [0, 0.05) is 0 Å². The van der Waals surface area contributed by atoms with Crippen molar-refractivity contribution in [1.82, 2.24) is 15.0 Å². The number of benzene rings is 2. The minimum absolute atomic E-state index is 0.159. The summed E-state index contributed by atoms with van der Waals surface area (Å²) in [6, 6.07) is 17.0. The predicted molar refractivity (Wildman–Crippen MR) is 91.7 cm³/mol. The summed E-state index contributed by atoms with van der Waals surface area (Å²) in [5, 5.41) is 28.1. The Labute approximate surface area is 137 Å². The van der Waals surface area contributed by atoms with E-state index in [1.807, 2.05) is 53.2 Å². The molecule has 0 saturated heterocycles. The van der Waals surface area contributed by atoms with Crippen LogP contribution >= 0.6 is 0 Å². The number of hydrogen-bond donors (Lipinski definition) is 3. The van der Waals surface area contributed by atoms with Gasteiger partial charge in [-0.15, -0.1) is 5.10 Å². The normalized spacial score (nSPS) is 11.2. The molecule has 0 aliphatic heterocycles. The predicted octanol–water partition coefficient (Wildman–Crippen LogP) is 1.71. The van der Waals surface area contributed by atoms with Crippen molar-refractivity contribution in [2.75, 3.05) is 5.43 Å². The molecule has 3 aromatic rings. The number of hydrazone groups is 1. The lowest BCUT2D eigenvalue weighted by Gasteiger charge is -2.05. The first-order chi connectivity index (χ1) is 11.7. The summed E-state index contributed by atoms with van der Waals surface area (Å²) in [7, 11) is 0. The van der Waals surface area contributed by atoms with Crippen LogP contribution in [0.25, 0.3) is 11.0 Å². The third kappa shape index (κ3) is 3.20. The molecule has 0 atom stereocenters. The average Bonchev–Trinajstić information content (AvgIpc) is 3.00. The Hall–Kier alpha value is -3.73. The minimum atomic E-state index is -0.375. The summed E-state index contributed by atoms with van der Waals surface area (Å²) in [6.07, 6.45) is 0. The molecule has 4 N–H and O–H groups in total. The Morgan fingerprint density at radius 2 is 2.00 bits per heavy atom. The molecule has 0 aliphatic carbocycles. The van der Waals surface area contributed by atoms with E-state index in [4.69, 9.17) is 16.4 Å². The number of nitrogens with zero attached hydrogens (tertiary/aromatic N) is 5. The molecule has 24 heavy (non-hydrogen) atoms. The Balaban J connectivity index is 1.73. The van der Waals surface area contributed by atoms with Crippen LogP contribution in [0.1, 0.15) is 5.56 Å². The van der Waals surface area contributed by atoms with Gasteiger partial charge in [-0.2, -0.15) is 10.4 Å². The van der Waals surface area contributed by atoms with Gasteiger partial charge in [0.15, 0.2) is 5.84 Å². The number of amidine groups is 1. The first-order valence-electron chi connectivity index (χ1n) is 7.13. The standard InChI is InChI=1S/C16H14N8/c17-9-14(16(18)19)21-20-12-7-5-11(6-8-12)10-24-15-4-2-1-3-13(15)22-23-24/h1-8,20H,10H2,(H3,18,19)/b21-14+. The molecule has 0 aliphatic rings. The number of nitrogens with one attached hydrogen (secondary N) is 2. The maximum atomic E-state index is 8.79. The van der Waals surface area contributed by atoms with Crippen LogP contribution in [-0.4, -0.2) is 26.5 Å². The molecule has 1 aromatic heterocycles.